The first kappa shape index (κ1) is 11.7. The van der Waals surface area contributed by atoms with Crippen LogP contribution in [-0.4, -0.2) is 19.7 Å². The van der Waals surface area contributed by atoms with E-state index in [1.807, 2.05) is 0 Å². The second kappa shape index (κ2) is 4.10. The van der Waals surface area contributed by atoms with E-state index in [2.05, 4.69) is 15.1 Å². The molecule has 0 saturated heterocycles. The number of hydrogen-bond acceptors (Lipinski definition) is 4. The average Bonchev–Trinajstić information content (AvgIpc) is 2.70. The van der Waals surface area contributed by atoms with Gasteiger partial charge in [0, 0.05) is 5.69 Å². The van der Waals surface area contributed by atoms with E-state index in [-0.39, 0.29) is 5.56 Å². The normalized spacial score (nSPS) is 11.1. The lowest BCUT2D eigenvalue weighted by molar-refractivity contribution is 0.799. The van der Waals surface area contributed by atoms with Crippen LogP contribution in [0, 0.1) is 6.92 Å². The molecular formula is C12H10ClN5O. The number of nitrogen functional groups attached to an aromatic ring is 1. The Bertz CT molecular complexity index is 816. The number of nitrogens with one attached hydrogen (secondary N) is 1. The van der Waals surface area contributed by atoms with E-state index in [4.69, 9.17) is 17.3 Å². The van der Waals surface area contributed by atoms with Gasteiger partial charge in [0.15, 0.2) is 0 Å². The first-order valence-electron chi connectivity index (χ1n) is 5.56. The van der Waals surface area contributed by atoms with Crippen LogP contribution in [0.5, 0.6) is 0 Å². The van der Waals surface area contributed by atoms with Crippen LogP contribution < -0.4 is 11.3 Å². The van der Waals surface area contributed by atoms with Crippen LogP contribution in [0.2, 0.25) is 5.02 Å². The van der Waals surface area contributed by atoms with Gasteiger partial charge in [0.05, 0.1) is 27.8 Å². The molecule has 0 amide bonds. The van der Waals surface area contributed by atoms with E-state index in [1.165, 1.54) is 4.68 Å². The lowest BCUT2D eigenvalue weighted by atomic mass is 10.2. The smallest absolute Gasteiger partial charge is 0.260 e. The summed E-state index contributed by atoms with van der Waals surface area (Å²) in [6.45, 7) is 1.78. The molecule has 0 fully saturated rings. The molecule has 2 aromatic heterocycles. The quantitative estimate of drug-likeness (QED) is 0.661. The van der Waals surface area contributed by atoms with Gasteiger partial charge in [0.1, 0.15) is 0 Å². The zero-order chi connectivity index (χ0) is 13.6. The van der Waals surface area contributed by atoms with Crippen LogP contribution in [-0.2, 0) is 0 Å². The summed E-state index contributed by atoms with van der Waals surface area (Å²) in [4.78, 5) is 19.0. The monoisotopic (exact) mass is 275 g/mol. The summed E-state index contributed by atoms with van der Waals surface area (Å²) >= 11 is 5.94. The van der Waals surface area contributed by atoms with Crippen molar-refractivity contribution in [3.8, 4) is 5.95 Å². The van der Waals surface area contributed by atoms with Gasteiger partial charge in [-0.1, -0.05) is 11.6 Å². The van der Waals surface area contributed by atoms with E-state index < -0.39 is 0 Å². The van der Waals surface area contributed by atoms with Crippen LogP contribution in [0.25, 0.3) is 16.9 Å². The number of nitrogens with zero attached hydrogens (tertiary/aromatic N) is 3. The van der Waals surface area contributed by atoms with Crippen molar-refractivity contribution in [2.75, 3.05) is 5.73 Å². The second-order valence-electron chi connectivity index (χ2n) is 4.17. The van der Waals surface area contributed by atoms with Crippen molar-refractivity contribution >= 4 is 28.2 Å². The predicted molar refractivity (Wildman–Crippen MR) is 73.6 cm³/mol. The minimum absolute atomic E-state index is 0.267. The molecular weight excluding hydrogens is 266 g/mol. The molecule has 0 atom stereocenters. The number of H-pyrrole nitrogens is 1. The number of fused-ring (bicyclic) bond motifs is 1. The van der Waals surface area contributed by atoms with Crippen LogP contribution in [0.4, 0.5) is 5.69 Å². The Morgan fingerprint density at radius 2 is 2.21 bits per heavy atom. The molecule has 0 radical (unpaired) electrons. The van der Waals surface area contributed by atoms with Gasteiger partial charge >= 0.3 is 0 Å². The highest BCUT2D eigenvalue weighted by Crippen LogP contribution is 2.16. The Morgan fingerprint density at radius 1 is 1.42 bits per heavy atom. The number of nitrogens with two attached hydrogens (primary N) is 1. The van der Waals surface area contributed by atoms with Gasteiger partial charge in [-0.15, -0.1) is 0 Å². The summed E-state index contributed by atoms with van der Waals surface area (Å²) < 4.78 is 1.44. The molecule has 1 aromatic carbocycles. The van der Waals surface area contributed by atoms with Crippen molar-refractivity contribution in [1.29, 1.82) is 0 Å². The molecule has 0 aliphatic heterocycles. The Kier molecular flexibility index (Phi) is 2.53. The molecule has 19 heavy (non-hydrogen) atoms. The molecule has 6 nitrogen and oxygen atoms in total. The molecule has 7 heteroatoms. The molecule has 0 aliphatic carbocycles. The van der Waals surface area contributed by atoms with Crippen molar-refractivity contribution in [2.24, 2.45) is 0 Å². The number of aromatic nitrogens is 4. The maximum Gasteiger partial charge on any atom is 0.260 e. The molecule has 0 unspecified atom stereocenters. The number of aryl methyl sites for hydroxylation is 1. The number of halogens is 1. The molecule has 0 spiro atoms. The summed E-state index contributed by atoms with van der Waals surface area (Å²) in [6.07, 6.45) is 1.60. The summed E-state index contributed by atoms with van der Waals surface area (Å²) in [5, 5.41) is 5.13. The fourth-order valence-corrected chi connectivity index (χ4v) is 1.93. The van der Waals surface area contributed by atoms with Gasteiger partial charge in [-0.2, -0.15) is 5.10 Å². The standard InChI is InChI=1S/C12H10ClN5O/c1-6-9(13)5-18(17-6)12-15-10-3-2-7(14)4-8(10)11(19)16-12/h2-5H,14H2,1H3,(H,15,16,19). The van der Waals surface area contributed by atoms with Gasteiger partial charge in [-0.05, 0) is 25.1 Å². The molecule has 3 N–H and O–H groups in total. The largest absolute Gasteiger partial charge is 0.399 e. The minimum atomic E-state index is -0.267. The minimum Gasteiger partial charge on any atom is -0.399 e. The predicted octanol–water partition coefficient (Wildman–Crippen LogP) is 1.65. The molecule has 0 bridgehead atoms. The molecule has 2 heterocycles. The highest BCUT2D eigenvalue weighted by atomic mass is 35.5. The van der Waals surface area contributed by atoms with Gasteiger partial charge in [-0.3, -0.25) is 9.78 Å². The topological polar surface area (TPSA) is 89.6 Å². The maximum atomic E-state index is 12.0. The van der Waals surface area contributed by atoms with Crippen molar-refractivity contribution in [2.45, 2.75) is 6.92 Å². The number of hydrogen-bond donors (Lipinski definition) is 2. The number of anilines is 1. The van der Waals surface area contributed by atoms with E-state index in [0.29, 0.717) is 33.3 Å². The third-order valence-corrected chi connectivity index (χ3v) is 3.14. The fourth-order valence-electron chi connectivity index (χ4n) is 1.80. The van der Waals surface area contributed by atoms with Crippen molar-refractivity contribution in [3.63, 3.8) is 0 Å². The van der Waals surface area contributed by atoms with Gasteiger partial charge < -0.3 is 5.73 Å². The van der Waals surface area contributed by atoms with Gasteiger partial charge in [0.2, 0.25) is 5.95 Å². The number of benzene rings is 1. The number of aromatic amines is 1. The first-order chi connectivity index (χ1) is 9.04. The van der Waals surface area contributed by atoms with E-state index in [9.17, 15) is 4.79 Å². The van der Waals surface area contributed by atoms with Gasteiger partial charge in [0.25, 0.3) is 5.56 Å². The first-order valence-corrected chi connectivity index (χ1v) is 5.94. The summed E-state index contributed by atoms with van der Waals surface area (Å²) in [5.41, 5.74) is 7.12. The van der Waals surface area contributed by atoms with Gasteiger partial charge in [-0.25, -0.2) is 9.67 Å². The van der Waals surface area contributed by atoms with Crippen molar-refractivity contribution in [1.82, 2.24) is 19.7 Å². The highest BCUT2D eigenvalue weighted by molar-refractivity contribution is 6.31. The lowest BCUT2D eigenvalue weighted by Gasteiger charge is -2.03. The number of rotatable bonds is 1. The van der Waals surface area contributed by atoms with E-state index >= 15 is 0 Å². The second-order valence-corrected chi connectivity index (χ2v) is 4.58. The van der Waals surface area contributed by atoms with Crippen LogP contribution in [0.1, 0.15) is 5.69 Å². The lowest BCUT2D eigenvalue weighted by Crippen LogP contribution is -2.14. The van der Waals surface area contributed by atoms with E-state index in [0.717, 1.165) is 0 Å². The maximum absolute atomic E-state index is 12.0. The Balaban J connectivity index is 2.26. The van der Waals surface area contributed by atoms with Crippen molar-refractivity contribution in [3.05, 3.63) is 45.5 Å². The molecule has 3 aromatic rings. The Hall–Kier alpha value is -2.34. The molecule has 0 aliphatic rings. The fraction of sp³-hybridized carbons (Fsp3) is 0.0833. The SMILES string of the molecule is Cc1nn(-c2nc3ccc(N)cc3c(=O)[nH]2)cc1Cl. The Morgan fingerprint density at radius 3 is 2.89 bits per heavy atom. The summed E-state index contributed by atoms with van der Waals surface area (Å²) in [7, 11) is 0. The summed E-state index contributed by atoms with van der Waals surface area (Å²) in [5.74, 6) is 0.317. The summed E-state index contributed by atoms with van der Waals surface area (Å²) in [6, 6.07) is 4.98. The van der Waals surface area contributed by atoms with Crippen LogP contribution in [0.15, 0.2) is 29.2 Å². The zero-order valence-electron chi connectivity index (χ0n) is 10.0. The highest BCUT2D eigenvalue weighted by Gasteiger charge is 2.09. The van der Waals surface area contributed by atoms with E-state index in [1.54, 1.807) is 31.3 Å². The molecule has 96 valence electrons. The van der Waals surface area contributed by atoms with Crippen LogP contribution in [0.3, 0.4) is 0 Å². The third kappa shape index (κ3) is 1.96. The zero-order valence-corrected chi connectivity index (χ0v) is 10.8. The Labute approximate surface area is 112 Å². The van der Waals surface area contributed by atoms with Crippen LogP contribution >= 0.6 is 11.6 Å². The molecule has 0 saturated carbocycles. The average molecular weight is 276 g/mol. The third-order valence-electron chi connectivity index (χ3n) is 2.77. The van der Waals surface area contributed by atoms with Crippen molar-refractivity contribution < 1.29 is 0 Å². The molecule has 3 rings (SSSR count).